The Kier molecular flexibility index (Phi) is 10.2. The first-order chi connectivity index (χ1) is 14.7. The Bertz CT molecular complexity index is 960. The lowest BCUT2D eigenvalue weighted by molar-refractivity contribution is 0.354. The Morgan fingerprint density at radius 3 is 2.55 bits per heavy atom. The summed E-state index contributed by atoms with van der Waals surface area (Å²) in [6.07, 6.45) is 5.53. The average Bonchev–Trinajstić information content (AvgIpc) is 3.24. The number of guanidine groups is 1. The molecule has 0 aliphatic carbocycles. The van der Waals surface area contributed by atoms with E-state index in [0.717, 1.165) is 42.3 Å². The molecule has 3 aromatic rings. The lowest BCUT2D eigenvalue weighted by atomic mass is 10.1. The van der Waals surface area contributed by atoms with Gasteiger partial charge in [-0.25, -0.2) is 9.98 Å². The van der Waals surface area contributed by atoms with Gasteiger partial charge < -0.3 is 25.1 Å². The van der Waals surface area contributed by atoms with Crippen LogP contribution in [0.1, 0.15) is 17.0 Å². The second-order valence-corrected chi connectivity index (χ2v) is 6.84. The van der Waals surface area contributed by atoms with Gasteiger partial charge in [-0.3, -0.25) is 0 Å². The molecule has 2 aromatic carbocycles. The Balaban J connectivity index is 0.00000341. The Hall–Kier alpha value is -2.75. The minimum absolute atomic E-state index is 0. The van der Waals surface area contributed by atoms with Crippen molar-refractivity contribution in [3.05, 3.63) is 77.9 Å². The van der Waals surface area contributed by atoms with Crippen LogP contribution in [0.25, 0.3) is 0 Å². The smallest absolute Gasteiger partial charge is 0.189 e. The summed E-state index contributed by atoms with van der Waals surface area (Å²) in [6, 6.07) is 16.3. The van der Waals surface area contributed by atoms with Crippen molar-refractivity contribution in [2.45, 2.75) is 25.9 Å². The number of hydrogen-bond acceptors (Lipinski definition) is 4. The highest BCUT2D eigenvalue weighted by Gasteiger charge is 2.05. The van der Waals surface area contributed by atoms with Crippen molar-refractivity contribution < 1.29 is 9.47 Å². The van der Waals surface area contributed by atoms with E-state index in [0.29, 0.717) is 19.0 Å². The monoisotopic (exact) mass is 535 g/mol. The number of halogens is 1. The van der Waals surface area contributed by atoms with Crippen LogP contribution in [-0.2, 0) is 25.9 Å². The predicted octanol–water partition coefficient (Wildman–Crippen LogP) is 3.41. The van der Waals surface area contributed by atoms with Crippen molar-refractivity contribution in [3.63, 3.8) is 0 Å². The maximum atomic E-state index is 6.03. The molecule has 0 saturated carbocycles. The van der Waals surface area contributed by atoms with E-state index in [1.165, 1.54) is 5.56 Å². The third kappa shape index (κ3) is 7.46. The number of nitrogens with one attached hydrogen (secondary N) is 1. The number of nitrogens with two attached hydrogens (primary N) is 1. The van der Waals surface area contributed by atoms with Gasteiger partial charge in [-0.05, 0) is 36.1 Å². The molecule has 1 aromatic heterocycles. The molecule has 31 heavy (non-hydrogen) atoms. The van der Waals surface area contributed by atoms with Crippen LogP contribution in [0, 0.1) is 0 Å². The summed E-state index contributed by atoms with van der Waals surface area (Å²) in [5.41, 5.74) is 8.46. The van der Waals surface area contributed by atoms with Gasteiger partial charge in [-0.2, -0.15) is 0 Å². The standard InChI is InChI=1S/C23H29N5O2.HI/c1-29-20-9-8-19(16-21(20)30-2)10-12-26-23(24)27-17-22-25-13-15-28(22)14-11-18-6-4-3-5-7-18;/h3-9,13,15-16H,10-12,14,17H2,1-2H3,(H3,24,26,27);1H. The summed E-state index contributed by atoms with van der Waals surface area (Å²) < 4.78 is 12.7. The highest BCUT2D eigenvalue weighted by molar-refractivity contribution is 14.0. The summed E-state index contributed by atoms with van der Waals surface area (Å²) in [4.78, 5) is 8.84. The topological polar surface area (TPSA) is 86.7 Å². The van der Waals surface area contributed by atoms with Gasteiger partial charge in [0.25, 0.3) is 0 Å². The summed E-state index contributed by atoms with van der Waals surface area (Å²) in [5, 5.41) is 3.16. The van der Waals surface area contributed by atoms with Gasteiger partial charge in [0.05, 0.1) is 14.2 Å². The molecule has 0 spiro atoms. The SMILES string of the molecule is COc1ccc(CCNC(N)=NCc2nccn2CCc2ccccc2)cc1OC.I. The second-order valence-electron chi connectivity index (χ2n) is 6.84. The van der Waals surface area contributed by atoms with E-state index in [4.69, 9.17) is 15.2 Å². The quantitative estimate of drug-likeness (QED) is 0.236. The molecule has 0 atom stereocenters. The first-order valence-corrected chi connectivity index (χ1v) is 9.98. The van der Waals surface area contributed by atoms with Gasteiger partial charge >= 0.3 is 0 Å². The van der Waals surface area contributed by atoms with Gasteiger partial charge in [0.15, 0.2) is 17.5 Å². The number of methoxy groups -OCH3 is 2. The van der Waals surface area contributed by atoms with Crippen molar-refractivity contribution in [1.29, 1.82) is 0 Å². The Labute approximate surface area is 200 Å². The summed E-state index contributed by atoms with van der Waals surface area (Å²) >= 11 is 0. The molecule has 0 bridgehead atoms. The molecule has 3 rings (SSSR count). The third-order valence-corrected chi connectivity index (χ3v) is 4.84. The summed E-state index contributed by atoms with van der Waals surface area (Å²) in [5.74, 6) is 2.75. The van der Waals surface area contributed by atoms with E-state index in [9.17, 15) is 0 Å². The van der Waals surface area contributed by atoms with E-state index in [1.54, 1.807) is 20.4 Å². The predicted molar refractivity (Wildman–Crippen MR) is 134 cm³/mol. The number of rotatable bonds is 10. The van der Waals surface area contributed by atoms with Gasteiger partial charge in [-0.1, -0.05) is 36.4 Å². The molecule has 0 amide bonds. The van der Waals surface area contributed by atoms with Crippen molar-refractivity contribution in [3.8, 4) is 11.5 Å². The fourth-order valence-electron chi connectivity index (χ4n) is 3.17. The highest BCUT2D eigenvalue weighted by Crippen LogP contribution is 2.27. The van der Waals surface area contributed by atoms with Crippen molar-refractivity contribution in [2.75, 3.05) is 20.8 Å². The lowest BCUT2D eigenvalue weighted by Gasteiger charge is -2.10. The van der Waals surface area contributed by atoms with E-state index >= 15 is 0 Å². The molecule has 7 nitrogen and oxygen atoms in total. The molecule has 0 radical (unpaired) electrons. The lowest BCUT2D eigenvalue weighted by Crippen LogP contribution is -2.33. The number of aliphatic imine (C=N–C) groups is 1. The molecule has 0 saturated heterocycles. The van der Waals surface area contributed by atoms with Crippen LogP contribution in [0.4, 0.5) is 0 Å². The van der Waals surface area contributed by atoms with E-state index in [2.05, 4.69) is 44.1 Å². The first-order valence-electron chi connectivity index (χ1n) is 9.98. The molecule has 1 heterocycles. The maximum absolute atomic E-state index is 6.03. The number of benzene rings is 2. The normalized spacial score (nSPS) is 11.0. The second kappa shape index (κ2) is 12.8. The van der Waals surface area contributed by atoms with Crippen LogP contribution >= 0.6 is 24.0 Å². The number of imidazole rings is 1. The summed E-state index contributed by atoms with van der Waals surface area (Å²) in [6.45, 7) is 1.98. The maximum Gasteiger partial charge on any atom is 0.189 e. The highest BCUT2D eigenvalue weighted by atomic mass is 127. The van der Waals surface area contributed by atoms with Crippen LogP contribution in [0.3, 0.4) is 0 Å². The zero-order valence-electron chi connectivity index (χ0n) is 18.0. The zero-order chi connectivity index (χ0) is 21.2. The largest absolute Gasteiger partial charge is 0.493 e. The van der Waals surface area contributed by atoms with Crippen LogP contribution in [-0.4, -0.2) is 36.3 Å². The van der Waals surface area contributed by atoms with Crippen molar-refractivity contribution in [2.24, 2.45) is 10.7 Å². The van der Waals surface area contributed by atoms with Gasteiger partial charge in [-0.15, -0.1) is 24.0 Å². The number of aromatic nitrogens is 2. The zero-order valence-corrected chi connectivity index (χ0v) is 20.3. The summed E-state index contributed by atoms with van der Waals surface area (Å²) in [7, 11) is 3.26. The first kappa shape index (κ1) is 24.5. The van der Waals surface area contributed by atoms with Gasteiger partial charge in [0.2, 0.25) is 0 Å². The Morgan fingerprint density at radius 1 is 1.03 bits per heavy atom. The fourth-order valence-corrected chi connectivity index (χ4v) is 3.17. The van der Waals surface area contributed by atoms with E-state index in [1.807, 2.05) is 30.5 Å². The van der Waals surface area contributed by atoms with Gasteiger partial charge in [0, 0.05) is 25.5 Å². The third-order valence-electron chi connectivity index (χ3n) is 4.84. The molecular formula is C23H30IN5O2. The van der Waals surface area contributed by atoms with Gasteiger partial charge in [0.1, 0.15) is 12.4 Å². The molecule has 3 N–H and O–H groups in total. The van der Waals surface area contributed by atoms with Crippen LogP contribution in [0.5, 0.6) is 11.5 Å². The minimum atomic E-state index is 0. The molecule has 0 fully saturated rings. The molecule has 0 aliphatic rings. The molecule has 8 heteroatoms. The number of nitrogens with zero attached hydrogens (tertiary/aromatic N) is 3. The Morgan fingerprint density at radius 2 is 1.81 bits per heavy atom. The number of aryl methyl sites for hydroxylation is 2. The van der Waals surface area contributed by atoms with Crippen LogP contribution < -0.4 is 20.5 Å². The minimum Gasteiger partial charge on any atom is -0.493 e. The van der Waals surface area contributed by atoms with Crippen molar-refractivity contribution in [1.82, 2.24) is 14.9 Å². The number of hydrogen-bond donors (Lipinski definition) is 2. The fraction of sp³-hybridized carbons (Fsp3) is 0.304. The molecule has 166 valence electrons. The number of ether oxygens (including phenoxy) is 2. The van der Waals surface area contributed by atoms with Crippen LogP contribution in [0.15, 0.2) is 65.9 Å². The van der Waals surface area contributed by atoms with Crippen LogP contribution in [0.2, 0.25) is 0 Å². The molecule has 0 aliphatic heterocycles. The van der Waals surface area contributed by atoms with Crippen molar-refractivity contribution >= 4 is 29.9 Å². The molecule has 0 unspecified atom stereocenters. The molecular weight excluding hydrogens is 505 g/mol. The van der Waals surface area contributed by atoms with E-state index in [-0.39, 0.29) is 24.0 Å². The van der Waals surface area contributed by atoms with E-state index < -0.39 is 0 Å². The average molecular weight is 535 g/mol.